The van der Waals surface area contributed by atoms with Crippen LogP contribution in [-0.4, -0.2) is 24.9 Å². The van der Waals surface area contributed by atoms with Crippen molar-refractivity contribution in [2.24, 2.45) is 0 Å². The number of amides is 1. The Kier molecular flexibility index (Phi) is 4.31. The molecule has 0 atom stereocenters. The van der Waals surface area contributed by atoms with Crippen LogP contribution in [0.25, 0.3) is 11.1 Å². The van der Waals surface area contributed by atoms with Gasteiger partial charge >= 0.3 is 0 Å². The van der Waals surface area contributed by atoms with Crippen LogP contribution in [0, 0.1) is 10.1 Å². The van der Waals surface area contributed by atoms with Crippen LogP contribution in [0.5, 0.6) is 0 Å². The second kappa shape index (κ2) is 6.81. The average Bonchev–Trinajstić information content (AvgIpc) is 3.06. The molecule has 1 amide bonds. The van der Waals surface area contributed by atoms with Gasteiger partial charge in [0.25, 0.3) is 11.6 Å². The maximum Gasteiger partial charge on any atom is 0.293 e. The van der Waals surface area contributed by atoms with E-state index < -0.39 is 4.92 Å². The van der Waals surface area contributed by atoms with E-state index in [0.717, 1.165) is 22.3 Å². The van der Waals surface area contributed by atoms with Crippen LogP contribution in [0.15, 0.2) is 66.7 Å². The minimum atomic E-state index is -0.439. The fourth-order valence-corrected chi connectivity index (χ4v) is 3.94. The maximum absolute atomic E-state index is 11.9. The topological polar surface area (TPSA) is 75.5 Å². The number of carbonyl (C=O) groups is 1. The van der Waals surface area contributed by atoms with E-state index in [1.54, 1.807) is 12.1 Å². The van der Waals surface area contributed by atoms with Crippen molar-refractivity contribution in [2.75, 3.05) is 19.0 Å². The Bertz CT molecular complexity index is 1050. The minimum Gasteiger partial charge on any atom is -0.358 e. The summed E-state index contributed by atoms with van der Waals surface area (Å²) in [4.78, 5) is 25.1. The van der Waals surface area contributed by atoms with Gasteiger partial charge in [-0.2, -0.15) is 0 Å². The number of hydrogen-bond acceptors (Lipinski definition) is 4. The largest absolute Gasteiger partial charge is 0.358 e. The van der Waals surface area contributed by atoms with Crippen LogP contribution < -0.4 is 10.2 Å². The highest BCUT2D eigenvalue weighted by Crippen LogP contribution is 2.48. The monoisotopic (exact) mass is 373 g/mol. The Labute approximate surface area is 162 Å². The van der Waals surface area contributed by atoms with Crippen LogP contribution in [0.2, 0.25) is 0 Å². The standard InChI is InChI=1S/C22H19N3O3/c1-23-22(26)14-11-12-19(20(13-14)25(27)28)24(2)21-17-9-5-3-7-15(17)16-8-4-6-10-18(16)21/h3-13,21H,1-2H3,(H,23,26). The van der Waals surface area contributed by atoms with Gasteiger partial charge in [0.2, 0.25) is 0 Å². The van der Waals surface area contributed by atoms with Crippen molar-refractivity contribution in [3.63, 3.8) is 0 Å². The lowest BCUT2D eigenvalue weighted by atomic mass is 10.0. The van der Waals surface area contributed by atoms with E-state index in [9.17, 15) is 14.9 Å². The molecule has 0 saturated carbocycles. The number of rotatable bonds is 4. The summed E-state index contributed by atoms with van der Waals surface area (Å²) in [5, 5.41) is 14.2. The molecule has 0 saturated heterocycles. The van der Waals surface area contributed by atoms with Crippen LogP contribution in [-0.2, 0) is 0 Å². The number of fused-ring (bicyclic) bond motifs is 3. The molecule has 3 aromatic carbocycles. The normalized spacial score (nSPS) is 12.2. The number of nitrogens with one attached hydrogen (secondary N) is 1. The maximum atomic E-state index is 11.9. The van der Waals surface area contributed by atoms with Gasteiger partial charge in [-0.15, -0.1) is 0 Å². The van der Waals surface area contributed by atoms with Crippen molar-refractivity contribution in [1.82, 2.24) is 5.32 Å². The molecule has 1 N–H and O–H groups in total. The summed E-state index contributed by atoms with van der Waals surface area (Å²) in [6.07, 6.45) is 0. The van der Waals surface area contributed by atoms with E-state index in [4.69, 9.17) is 0 Å². The second-order valence-corrected chi connectivity index (χ2v) is 6.73. The Hall–Kier alpha value is -3.67. The zero-order chi connectivity index (χ0) is 19.8. The van der Waals surface area contributed by atoms with Gasteiger partial charge in [-0.3, -0.25) is 14.9 Å². The van der Waals surface area contributed by atoms with Crippen LogP contribution in [0.1, 0.15) is 27.5 Å². The molecule has 4 rings (SSSR count). The van der Waals surface area contributed by atoms with E-state index in [-0.39, 0.29) is 23.2 Å². The van der Waals surface area contributed by atoms with Crippen molar-refractivity contribution in [3.05, 3.63) is 93.5 Å². The Morgan fingerprint density at radius 2 is 1.57 bits per heavy atom. The fourth-order valence-electron chi connectivity index (χ4n) is 3.94. The van der Waals surface area contributed by atoms with Crippen LogP contribution >= 0.6 is 0 Å². The molecule has 28 heavy (non-hydrogen) atoms. The van der Waals surface area contributed by atoms with E-state index in [0.29, 0.717) is 5.69 Å². The third kappa shape index (κ3) is 2.70. The van der Waals surface area contributed by atoms with Gasteiger partial charge in [-0.05, 0) is 34.4 Å². The van der Waals surface area contributed by atoms with Gasteiger partial charge in [-0.25, -0.2) is 0 Å². The molecule has 0 radical (unpaired) electrons. The highest BCUT2D eigenvalue weighted by Gasteiger charge is 2.33. The predicted octanol–water partition coefficient (Wildman–Crippen LogP) is 4.16. The predicted molar refractivity (Wildman–Crippen MR) is 109 cm³/mol. The SMILES string of the molecule is CNC(=O)c1ccc(N(C)C2c3ccccc3-c3ccccc32)c([N+](=O)[O-])c1. The second-order valence-electron chi connectivity index (χ2n) is 6.73. The lowest BCUT2D eigenvalue weighted by Crippen LogP contribution is -2.25. The molecule has 0 spiro atoms. The van der Waals surface area contributed by atoms with E-state index in [1.165, 1.54) is 13.1 Å². The van der Waals surface area contributed by atoms with Crippen LogP contribution in [0.3, 0.4) is 0 Å². The molecule has 0 aliphatic heterocycles. The first-order valence-corrected chi connectivity index (χ1v) is 8.94. The number of nitro groups is 1. The number of nitro benzene ring substituents is 1. The first-order chi connectivity index (χ1) is 13.5. The number of benzene rings is 3. The molecular weight excluding hydrogens is 354 g/mol. The van der Waals surface area contributed by atoms with Gasteiger partial charge < -0.3 is 10.2 Å². The molecule has 0 unspecified atom stereocenters. The van der Waals surface area contributed by atoms with Gasteiger partial charge in [0.05, 0.1) is 11.0 Å². The Balaban J connectivity index is 1.85. The summed E-state index contributed by atoms with van der Waals surface area (Å²) in [5.41, 5.74) is 5.13. The molecule has 0 fully saturated rings. The first-order valence-electron chi connectivity index (χ1n) is 8.94. The number of anilines is 1. The molecule has 1 aliphatic rings. The highest BCUT2D eigenvalue weighted by atomic mass is 16.6. The molecule has 0 heterocycles. The van der Waals surface area contributed by atoms with Gasteiger partial charge in [0.15, 0.2) is 0 Å². The number of carbonyl (C=O) groups excluding carboxylic acids is 1. The number of nitrogens with zero attached hydrogens (tertiary/aromatic N) is 2. The summed E-state index contributed by atoms with van der Waals surface area (Å²) in [6.45, 7) is 0. The zero-order valence-electron chi connectivity index (χ0n) is 15.5. The first kappa shape index (κ1) is 17.7. The number of hydrogen-bond donors (Lipinski definition) is 1. The summed E-state index contributed by atoms with van der Waals surface area (Å²) in [6, 6.07) is 20.7. The molecule has 0 aromatic heterocycles. The van der Waals surface area contributed by atoms with Crippen molar-refractivity contribution >= 4 is 17.3 Å². The van der Waals surface area contributed by atoms with E-state index >= 15 is 0 Å². The smallest absolute Gasteiger partial charge is 0.293 e. The summed E-state index contributed by atoms with van der Waals surface area (Å²) >= 11 is 0. The summed E-state index contributed by atoms with van der Waals surface area (Å²) in [7, 11) is 3.35. The molecule has 140 valence electrons. The average molecular weight is 373 g/mol. The van der Waals surface area contributed by atoms with Crippen molar-refractivity contribution in [3.8, 4) is 11.1 Å². The molecule has 1 aliphatic carbocycles. The third-order valence-corrected chi connectivity index (χ3v) is 5.23. The van der Waals surface area contributed by atoms with Crippen molar-refractivity contribution in [2.45, 2.75) is 6.04 Å². The molecule has 6 heteroatoms. The van der Waals surface area contributed by atoms with Crippen molar-refractivity contribution < 1.29 is 9.72 Å². The lowest BCUT2D eigenvalue weighted by Gasteiger charge is -2.28. The zero-order valence-corrected chi connectivity index (χ0v) is 15.5. The van der Waals surface area contributed by atoms with Gasteiger partial charge in [-0.1, -0.05) is 48.5 Å². The molecule has 6 nitrogen and oxygen atoms in total. The Morgan fingerprint density at radius 1 is 1.00 bits per heavy atom. The fraction of sp³-hybridized carbons (Fsp3) is 0.136. The summed E-state index contributed by atoms with van der Waals surface area (Å²) < 4.78 is 0. The lowest BCUT2D eigenvalue weighted by molar-refractivity contribution is -0.384. The molecule has 0 bridgehead atoms. The summed E-state index contributed by atoms with van der Waals surface area (Å²) in [5.74, 6) is -0.353. The van der Waals surface area contributed by atoms with Crippen LogP contribution in [0.4, 0.5) is 11.4 Å². The van der Waals surface area contributed by atoms with E-state index in [1.807, 2.05) is 36.2 Å². The molecular formula is C22H19N3O3. The third-order valence-electron chi connectivity index (χ3n) is 5.23. The van der Waals surface area contributed by atoms with E-state index in [2.05, 4.69) is 29.6 Å². The van der Waals surface area contributed by atoms with Gasteiger partial charge in [0, 0.05) is 25.7 Å². The van der Waals surface area contributed by atoms with Crippen molar-refractivity contribution in [1.29, 1.82) is 0 Å². The quantitative estimate of drug-likeness (QED) is 0.550. The highest BCUT2D eigenvalue weighted by molar-refractivity contribution is 5.95. The molecule has 3 aromatic rings. The minimum absolute atomic E-state index is 0.0922. The Morgan fingerprint density at radius 3 is 2.11 bits per heavy atom. The van der Waals surface area contributed by atoms with Gasteiger partial charge in [0.1, 0.15) is 5.69 Å².